The Balaban J connectivity index is 1.72. The van der Waals surface area contributed by atoms with Crippen molar-refractivity contribution in [2.45, 2.75) is 38.3 Å². The molecular formula is C22H21F3N2O5S. The summed E-state index contributed by atoms with van der Waals surface area (Å²) in [5.74, 6) is -2.66. The van der Waals surface area contributed by atoms with Crippen LogP contribution in [0.25, 0.3) is 0 Å². The highest BCUT2D eigenvalue weighted by molar-refractivity contribution is 7.93. The molecule has 2 aromatic rings. The topological polar surface area (TPSA) is 92.8 Å². The number of alkyl halides is 2. The molecule has 2 aliphatic heterocycles. The SMILES string of the molecule is CC1(NC(=O)c2cc(F)c3c(c2)C(C)(C)C(=O)N3c2cccc(OC(F)F)c2)CS(=O)(=O)C1. The van der Waals surface area contributed by atoms with E-state index in [-0.39, 0.29) is 39.8 Å². The van der Waals surface area contributed by atoms with Crippen LogP contribution in [0.15, 0.2) is 36.4 Å². The molecular weight excluding hydrogens is 461 g/mol. The van der Waals surface area contributed by atoms with Gasteiger partial charge in [-0.1, -0.05) is 6.07 Å². The predicted octanol–water partition coefficient (Wildman–Crippen LogP) is 3.30. The largest absolute Gasteiger partial charge is 0.435 e. The van der Waals surface area contributed by atoms with Gasteiger partial charge in [0.15, 0.2) is 9.84 Å². The fraction of sp³-hybridized carbons (Fsp3) is 0.364. The van der Waals surface area contributed by atoms with Gasteiger partial charge in [0.05, 0.1) is 33.8 Å². The van der Waals surface area contributed by atoms with Crippen LogP contribution in [-0.4, -0.2) is 43.9 Å². The average Bonchev–Trinajstić information content (AvgIpc) is 2.86. The van der Waals surface area contributed by atoms with E-state index < -0.39 is 45.0 Å². The second kappa shape index (κ2) is 7.47. The molecule has 1 N–H and O–H groups in total. The lowest BCUT2D eigenvalue weighted by molar-refractivity contribution is -0.121. The minimum Gasteiger partial charge on any atom is -0.435 e. The first-order chi connectivity index (χ1) is 15.2. The Kier molecular flexibility index (Phi) is 5.23. The van der Waals surface area contributed by atoms with Crippen molar-refractivity contribution in [2.75, 3.05) is 16.4 Å². The molecule has 7 nitrogen and oxygen atoms in total. The Morgan fingerprint density at radius 3 is 2.42 bits per heavy atom. The fourth-order valence-corrected chi connectivity index (χ4v) is 6.32. The van der Waals surface area contributed by atoms with Crippen LogP contribution in [0, 0.1) is 5.82 Å². The lowest BCUT2D eigenvalue weighted by Gasteiger charge is -2.38. The first-order valence-electron chi connectivity index (χ1n) is 9.99. The number of amides is 2. The molecule has 0 unspecified atom stereocenters. The Morgan fingerprint density at radius 2 is 1.82 bits per heavy atom. The number of rotatable bonds is 5. The van der Waals surface area contributed by atoms with E-state index in [4.69, 9.17) is 0 Å². The van der Waals surface area contributed by atoms with Crippen LogP contribution in [0.2, 0.25) is 0 Å². The van der Waals surface area contributed by atoms with Gasteiger partial charge in [-0.3, -0.25) is 14.5 Å². The van der Waals surface area contributed by atoms with Crippen molar-refractivity contribution >= 4 is 33.0 Å². The van der Waals surface area contributed by atoms with Gasteiger partial charge in [-0.15, -0.1) is 0 Å². The molecule has 0 atom stereocenters. The highest BCUT2D eigenvalue weighted by Crippen LogP contribution is 2.47. The Bertz CT molecular complexity index is 1260. The van der Waals surface area contributed by atoms with Gasteiger partial charge >= 0.3 is 6.61 Å². The molecule has 11 heteroatoms. The number of carbonyl (C=O) groups is 2. The van der Waals surface area contributed by atoms with Gasteiger partial charge in [0.1, 0.15) is 11.6 Å². The third kappa shape index (κ3) is 4.05. The molecule has 0 spiro atoms. The van der Waals surface area contributed by atoms with E-state index in [0.717, 1.165) is 11.0 Å². The van der Waals surface area contributed by atoms with Gasteiger partial charge < -0.3 is 10.1 Å². The van der Waals surface area contributed by atoms with Crippen molar-refractivity contribution < 1.29 is 35.9 Å². The molecule has 2 amide bonds. The van der Waals surface area contributed by atoms with Gasteiger partial charge in [0.2, 0.25) is 5.91 Å². The summed E-state index contributed by atoms with van der Waals surface area (Å²) < 4.78 is 67.9. The maximum absolute atomic E-state index is 15.3. The van der Waals surface area contributed by atoms with Crippen LogP contribution in [0.5, 0.6) is 5.75 Å². The average molecular weight is 482 g/mol. The van der Waals surface area contributed by atoms with Crippen molar-refractivity contribution in [3.05, 3.63) is 53.3 Å². The van der Waals surface area contributed by atoms with E-state index in [9.17, 15) is 26.8 Å². The van der Waals surface area contributed by atoms with Crippen molar-refractivity contribution in [2.24, 2.45) is 0 Å². The number of ether oxygens (including phenoxy) is 1. The summed E-state index contributed by atoms with van der Waals surface area (Å²) >= 11 is 0. The lowest BCUT2D eigenvalue weighted by atomic mass is 9.85. The van der Waals surface area contributed by atoms with E-state index >= 15 is 4.39 Å². The Labute approximate surface area is 188 Å². The third-order valence-corrected chi connectivity index (χ3v) is 7.91. The molecule has 0 radical (unpaired) electrons. The molecule has 4 rings (SSSR count). The van der Waals surface area contributed by atoms with Crippen LogP contribution >= 0.6 is 0 Å². The third-order valence-electron chi connectivity index (χ3n) is 5.75. The van der Waals surface area contributed by atoms with Gasteiger partial charge in [-0.2, -0.15) is 8.78 Å². The van der Waals surface area contributed by atoms with Crippen LogP contribution in [0.4, 0.5) is 24.5 Å². The van der Waals surface area contributed by atoms with Crippen molar-refractivity contribution in [3.63, 3.8) is 0 Å². The van der Waals surface area contributed by atoms with Gasteiger partial charge in [0.25, 0.3) is 5.91 Å². The predicted molar refractivity (Wildman–Crippen MR) is 114 cm³/mol. The molecule has 33 heavy (non-hydrogen) atoms. The van der Waals surface area contributed by atoms with Crippen LogP contribution < -0.4 is 15.0 Å². The fourth-order valence-electron chi connectivity index (χ4n) is 4.32. The Morgan fingerprint density at radius 1 is 1.15 bits per heavy atom. The number of halogens is 3. The summed E-state index contributed by atoms with van der Waals surface area (Å²) in [7, 11) is -3.21. The zero-order valence-electron chi connectivity index (χ0n) is 18.0. The number of hydrogen-bond donors (Lipinski definition) is 1. The zero-order valence-corrected chi connectivity index (χ0v) is 18.8. The van der Waals surface area contributed by atoms with E-state index in [1.54, 1.807) is 20.8 Å². The van der Waals surface area contributed by atoms with Crippen molar-refractivity contribution in [3.8, 4) is 5.75 Å². The summed E-state index contributed by atoms with van der Waals surface area (Å²) in [5.41, 5.74) is -1.95. The summed E-state index contributed by atoms with van der Waals surface area (Å²) in [6.45, 7) is 1.64. The minimum atomic E-state index is -3.21. The molecule has 0 bridgehead atoms. The van der Waals surface area contributed by atoms with E-state index in [1.807, 2.05) is 0 Å². The number of nitrogens with one attached hydrogen (secondary N) is 1. The maximum Gasteiger partial charge on any atom is 0.387 e. The summed E-state index contributed by atoms with van der Waals surface area (Å²) in [5, 5.41) is 2.62. The normalized spacial score (nSPS) is 19.7. The molecule has 2 aliphatic rings. The van der Waals surface area contributed by atoms with Crippen LogP contribution in [0.1, 0.15) is 36.7 Å². The molecule has 1 fully saturated rings. The molecule has 0 aromatic heterocycles. The monoisotopic (exact) mass is 482 g/mol. The molecule has 0 aliphatic carbocycles. The summed E-state index contributed by atoms with van der Waals surface area (Å²) in [6.07, 6.45) is 0. The first-order valence-corrected chi connectivity index (χ1v) is 11.8. The number of carbonyl (C=O) groups excluding carboxylic acids is 2. The highest BCUT2D eigenvalue weighted by Gasteiger charge is 2.48. The molecule has 0 saturated carbocycles. The molecule has 1 saturated heterocycles. The smallest absolute Gasteiger partial charge is 0.387 e. The van der Waals surface area contributed by atoms with E-state index in [2.05, 4.69) is 10.1 Å². The second-order valence-electron chi connectivity index (χ2n) is 9.04. The number of anilines is 2. The second-order valence-corrected chi connectivity index (χ2v) is 11.1. The standard InChI is InChI=1S/C22H21F3N2O5S/c1-21(2)15-7-12(18(28)26-22(3)10-33(30,31)11-22)8-16(23)17(15)27(19(21)29)13-5-4-6-14(9-13)32-20(24)25/h4-9,20H,10-11H2,1-3H3,(H,26,28). The van der Waals surface area contributed by atoms with Crippen LogP contribution in [-0.2, 0) is 20.0 Å². The highest BCUT2D eigenvalue weighted by atomic mass is 32.2. The molecule has 2 aromatic carbocycles. The summed E-state index contributed by atoms with van der Waals surface area (Å²) in [6, 6.07) is 7.70. The van der Waals surface area contributed by atoms with Gasteiger partial charge in [-0.25, -0.2) is 12.8 Å². The lowest BCUT2D eigenvalue weighted by Crippen LogP contribution is -2.63. The molecule has 176 valence electrons. The quantitative estimate of drug-likeness (QED) is 0.706. The van der Waals surface area contributed by atoms with Gasteiger partial charge in [-0.05, 0) is 50.6 Å². The van der Waals surface area contributed by atoms with Crippen molar-refractivity contribution in [1.29, 1.82) is 0 Å². The first kappa shape index (κ1) is 23.1. The summed E-state index contributed by atoms with van der Waals surface area (Å²) in [4.78, 5) is 27.0. The molecule has 2 heterocycles. The number of hydrogen-bond acceptors (Lipinski definition) is 5. The van der Waals surface area contributed by atoms with Crippen molar-refractivity contribution in [1.82, 2.24) is 5.32 Å². The Hall–Kier alpha value is -3.08. The minimum absolute atomic E-state index is 0.0608. The zero-order chi connectivity index (χ0) is 24.3. The van der Waals surface area contributed by atoms with Crippen LogP contribution in [0.3, 0.4) is 0 Å². The van der Waals surface area contributed by atoms with Gasteiger partial charge in [0, 0.05) is 11.6 Å². The number of sulfone groups is 1. The van der Waals surface area contributed by atoms with E-state index in [1.165, 1.54) is 30.3 Å². The number of benzene rings is 2. The van der Waals surface area contributed by atoms with E-state index in [0.29, 0.717) is 0 Å². The number of fused-ring (bicyclic) bond motifs is 1. The maximum atomic E-state index is 15.3. The number of nitrogens with zero attached hydrogens (tertiary/aromatic N) is 1.